The Morgan fingerprint density at radius 1 is 1.25 bits per heavy atom. The SMILES string of the molecule is CSc1cccc2c1c(Cc1ccc(Cl)cc1)c(Br)n2CCC/C=C/C(=O)O. The van der Waals surface area contributed by atoms with Crippen LogP contribution in [0.2, 0.25) is 5.02 Å². The van der Waals surface area contributed by atoms with Crippen LogP contribution in [0.1, 0.15) is 24.0 Å². The topological polar surface area (TPSA) is 42.2 Å². The highest BCUT2D eigenvalue weighted by atomic mass is 79.9. The Morgan fingerprint density at radius 3 is 2.68 bits per heavy atom. The van der Waals surface area contributed by atoms with E-state index in [1.807, 2.05) is 12.1 Å². The fraction of sp³-hybridized carbons (Fsp3) is 0.227. The number of hydrogen-bond donors (Lipinski definition) is 1. The molecule has 28 heavy (non-hydrogen) atoms. The Morgan fingerprint density at radius 2 is 2.00 bits per heavy atom. The number of fused-ring (bicyclic) bond motifs is 1. The zero-order valence-corrected chi connectivity index (χ0v) is 18.6. The first kappa shape index (κ1) is 21.0. The van der Waals surface area contributed by atoms with E-state index in [1.165, 1.54) is 33.0 Å². The maximum atomic E-state index is 10.6. The zero-order valence-electron chi connectivity index (χ0n) is 15.5. The minimum Gasteiger partial charge on any atom is -0.478 e. The number of allylic oxidation sites excluding steroid dienone is 1. The standard InChI is InChI=1S/C22H21BrClNO2S/c1-28-19-7-5-6-18-21(19)17(14-15-9-11-16(24)12-10-15)22(23)25(18)13-4-2-3-8-20(26)27/h3,5-12H,2,4,13-14H2,1H3,(H,26,27)/b8-3+. The molecule has 0 saturated heterocycles. The lowest BCUT2D eigenvalue weighted by molar-refractivity contribution is -0.131. The molecule has 1 heterocycles. The molecule has 0 saturated carbocycles. The molecule has 3 nitrogen and oxygen atoms in total. The van der Waals surface area contributed by atoms with Gasteiger partial charge < -0.3 is 9.67 Å². The van der Waals surface area contributed by atoms with E-state index in [4.69, 9.17) is 16.7 Å². The van der Waals surface area contributed by atoms with Crippen LogP contribution in [-0.2, 0) is 17.8 Å². The van der Waals surface area contributed by atoms with Gasteiger partial charge >= 0.3 is 5.97 Å². The van der Waals surface area contributed by atoms with Crippen LogP contribution in [0.4, 0.5) is 0 Å². The monoisotopic (exact) mass is 477 g/mol. The van der Waals surface area contributed by atoms with Crippen LogP contribution < -0.4 is 0 Å². The van der Waals surface area contributed by atoms with Gasteiger partial charge in [0, 0.05) is 34.3 Å². The van der Waals surface area contributed by atoms with E-state index < -0.39 is 5.97 Å². The third-order valence-corrected chi connectivity index (χ3v) is 6.55. The number of rotatable bonds is 8. The number of aryl methyl sites for hydroxylation is 1. The maximum Gasteiger partial charge on any atom is 0.327 e. The molecule has 146 valence electrons. The summed E-state index contributed by atoms with van der Waals surface area (Å²) in [7, 11) is 0. The Labute approximate surface area is 182 Å². The summed E-state index contributed by atoms with van der Waals surface area (Å²) in [5.41, 5.74) is 3.68. The lowest BCUT2D eigenvalue weighted by Gasteiger charge is -2.07. The number of aliphatic carboxylic acids is 1. The molecule has 6 heteroatoms. The molecule has 0 spiro atoms. The summed E-state index contributed by atoms with van der Waals surface area (Å²) >= 11 is 11.6. The summed E-state index contributed by atoms with van der Waals surface area (Å²) in [6, 6.07) is 14.4. The minimum absolute atomic E-state index is 0.729. The molecule has 1 aromatic heterocycles. The number of halogens is 2. The molecule has 2 aromatic carbocycles. The van der Waals surface area contributed by atoms with Crippen LogP contribution in [-0.4, -0.2) is 21.9 Å². The summed E-state index contributed by atoms with van der Waals surface area (Å²) in [5.74, 6) is -0.901. The number of benzene rings is 2. The van der Waals surface area contributed by atoms with Crippen molar-refractivity contribution in [3.05, 3.63) is 75.4 Å². The zero-order chi connectivity index (χ0) is 20.1. The molecule has 0 unspecified atom stereocenters. The maximum absolute atomic E-state index is 10.6. The van der Waals surface area contributed by atoms with Gasteiger partial charge in [0.1, 0.15) is 0 Å². The van der Waals surface area contributed by atoms with E-state index in [1.54, 1.807) is 17.8 Å². The number of carboxylic acids is 1. The van der Waals surface area contributed by atoms with Crippen molar-refractivity contribution >= 4 is 56.2 Å². The van der Waals surface area contributed by atoms with Crippen molar-refractivity contribution in [1.29, 1.82) is 0 Å². The van der Waals surface area contributed by atoms with Gasteiger partial charge in [-0.1, -0.05) is 35.9 Å². The third-order valence-electron chi connectivity index (χ3n) is 4.61. The molecule has 0 aliphatic carbocycles. The van der Waals surface area contributed by atoms with Crippen molar-refractivity contribution in [1.82, 2.24) is 4.57 Å². The van der Waals surface area contributed by atoms with E-state index in [9.17, 15) is 4.79 Å². The molecule has 0 aliphatic rings. The van der Waals surface area contributed by atoms with Crippen molar-refractivity contribution in [3.8, 4) is 0 Å². The first-order chi connectivity index (χ1) is 13.5. The van der Waals surface area contributed by atoms with Gasteiger partial charge in [-0.25, -0.2) is 4.79 Å². The number of thioether (sulfide) groups is 1. The van der Waals surface area contributed by atoms with Gasteiger partial charge in [0.15, 0.2) is 0 Å². The molecule has 0 atom stereocenters. The molecule has 1 N–H and O–H groups in total. The van der Waals surface area contributed by atoms with Crippen LogP contribution >= 0.6 is 39.3 Å². The predicted molar refractivity (Wildman–Crippen MR) is 122 cm³/mol. The van der Waals surface area contributed by atoms with Crippen LogP contribution in [0, 0.1) is 0 Å². The molecular formula is C22H21BrClNO2S. The van der Waals surface area contributed by atoms with Crippen molar-refractivity contribution in [2.75, 3.05) is 6.26 Å². The summed E-state index contributed by atoms with van der Waals surface area (Å²) in [6.07, 6.45) is 7.44. The Balaban J connectivity index is 1.96. The Bertz CT molecular complexity index is 1010. The van der Waals surface area contributed by atoms with Crippen LogP contribution in [0.15, 0.2) is 64.1 Å². The van der Waals surface area contributed by atoms with Gasteiger partial charge in [0.2, 0.25) is 0 Å². The minimum atomic E-state index is -0.901. The van der Waals surface area contributed by atoms with Crippen molar-refractivity contribution in [2.45, 2.75) is 30.7 Å². The number of carboxylic acid groups (broad SMARTS) is 1. The molecule has 3 rings (SSSR count). The van der Waals surface area contributed by atoms with Gasteiger partial charge in [0.05, 0.1) is 10.1 Å². The van der Waals surface area contributed by atoms with E-state index in [0.717, 1.165) is 35.4 Å². The number of nitrogens with zero attached hydrogens (tertiary/aromatic N) is 1. The number of carbonyl (C=O) groups is 1. The molecule has 0 bridgehead atoms. The van der Waals surface area contributed by atoms with Crippen LogP contribution in [0.5, 0.6) is 0 Å². The van der Waals surface area contributed by atoms with E-state index in [2.05, 4.69) is 57.1 Å². The molecule has 0 amide bonds. The average Bonchev–Trinajstić information content (AvgIpc) is 2.95. The summed E-state index contributed by atoms with van der Waals surface area (Å²) in [4.78, 5) is 11.9. The highest BCUT2D eigenvalue weighted by Crippen LogP contribution is 2.38. The summed E-state index contributed by atoms with van der Waals surface area (Å²) in [5, 5.41) is 10.7. The number of unbranched alkanes of at least 4 members (excludes halogenated alkanes) is 1. The molecule has 3 aromatic rings. The second-order valence-corrected chi connectivity index (χ2v) is 8.50. The van der Waals surface area contributed by atoms with Crippen molar-refractivity contribution in [3.63, 3.8) is 0 Å². The first-order valence-electron chi connectivity index (χ1n) is 8.98. The van der Waals surface area contributed by atoms with Crippen LogP contribution in [0.25, 0.3) is 10.9 Å². The molecule has 0 aliphatic heterocycles. The number of hydrogen-bond acceptors (Lipinski definition) is 2. The molecule has 0 fully saturated rings. The normalized spacial score (nSPS) is 11.5. The van der Waals surface area contributed by atoms with Crippen LogP contribution in [0.3, 0.4) is 0 Å². The van der Waals surface area contributed by atoms with Crippen molar-refractivity contribution < 1.29 is 9.90 Å². The summed E-state index contributed by atoms with van der Waals surface area (Å²) in [6.45, 7) is 0.819. The highest BCUT2D eigenvalue weighted by molar-refractivity contribution is 9.10. The molecule has 0 radical (unpaired) electrons. The first-order valence-corrected chi connectivity index (χ1v) is 11.4. The lowest BCUT2D eigenvalue weighted by Crippen LogP contribution is -1.98. The quantitative estimate of drug-likeness (QED) is 0.220. The smallest absolute Gasteiger partial charge is 0.327 e. The second-order valence-electron chi connectivity index (χ2n) is 6.46. The van der Waals surface area contributed by atoms with E-state index in [-0.39, 0.29) is 0 Å². The molecular weight excluding hydrogens is 458 g/mol. The average molecular weight is 479 g/mol. The van der Waals surface area contributed by atoms with Gasteiger partial charge in [0.25, 0.3) is 0 Å². The summed E-state index contributed by atoms with van der Waals surface area (Å²) < 4.78 is 3.37. The second kappa shape index (κ2) is 9.68. The Hall–Kier alpha value is -1.69. The largest absolute Gasteiger partial charge is 0.478 e. The fourth-order valence-corrected chi connectivity index (χ4v) is 4.81. The van der Waals surface area contributed by atoms with Gasteiger partial charge in [-0.15, -0.1) is 11.8 Å². The lowest BCUT2D eigenvalue weighted by atomic mass is 10.0. The highest BCUT2D eigenvalue weighted by Gasteiger charge is 2.18. The fourth-order valence-electron chi connectivity index (χ4n) is 3.33. The van der Waals surface area contributed by atoms with E-state index in [0.29, 0.717) is 0 Å². The Kier molecular flexibility index (Phi) is 7.27. The predicted octanol–water partition coefficient (Wildman–Crippen LogP) is 6.79. The van der Waals surface area contributed by atoms with Gasteiger partial charge in [-0.3, -0.25) is 0 Å². The van der Waals surface area contributed by atoms with E-state index >= 15 is 0 Å². The van der Waals surface area contributed by atoms with Gasteiger partial charge in [-0.2, -0.15) is 0 Å². The number of aromatic nitrogens is 1. The van der Waals surface area contributed by atoms with Crippen molar-refractivity contribution in [2.24, 2.45) is 0 Å². The van der Waals surface area contributed by atoms with Gasteiger partial charge in [-0.05, 0) is 70.4 Å². The third kappa shape index (κ3) is 4.83.